The van der Waals surface area contributed by atoms with Gasteiger partial charge in [-0.15, -0.1) is 0 Å². The van der Waals surface area contributed by atoms with E-state index in [4.69, 9.17) is 16.3 Å². The number of nitrogens with one attached hydrogen (secondary N) is 1. The van der Waals surface area contributed by atoms with E-state index < -0.39 is 34.6 Å². The summed E-state index contributed by atoms with van der Waals surface area (Å²) < 4.78 is 69.2. The summed E-state index contributed by atoms with van der Waals surface area (Å²) in [5, 5.41) is 2.79. The summed E-state index contributed by atoms with van der Waals surface area (Å²) in [6.07, 6.45) is -3.98. The second-order valence-corrected chi connectivity index (χ2v) is 9.90. The minimum Gasteiger partial charge on any atom is -0.482 e. The molecule has 1 fully saturated rings. The Morgan fingerprint density at radius 2 is 1.78 bits per heavy atom. The van der Waals surface area contributed by atoms with Crippen LogP contribution in [0, 0.1) is 12.8 Å². The van der Waals surface area contributed by atoms with Crippen LogP contribution in [0.1, 0.15) is 18.4 Å². The molecular weight excluding hydrogens is 469 g/mol. The number of amides is 1. The molecule has 0 aromatic heterocycles. The minimum absolute atomic E-state index is 0.0291. The monoisotopic (exact) mass is 490 g/mol. The quantitative estimate of drug-likeness (QED) is 0.640. The van der Waals surface area contributed by atoms with Gasteiger partial charge in [0.25, 0.3) is 0 Å². The molecule has 32 heavy (non-hydrogen) atoms. The first-order chi connectivity index (χ1) is 15.0. The van der Waals surface area contributed by atoms with Crippen LogP contribution >= 0.6 is 11.6 Å². The van der Waals surface area contributed by atoms with E-state index in [1.54, 1.807) is 24.3 Å². The van der Waals surface area contributed by atoms with Gasteiger partial charge in [-0.05, 0) is 50.1 Å². The Labute approximate surface area is 189 Å². The lowest BCUT2D eigenvalue weighted by Crippen LogP contribution is -2.41. The number of carbonyl (C=O) groups excluding carboxylic acids is 1. The molecular formula is C21H22ClF3N2O4S. The van der Waals surface area contributed by atoms with Crippen LogP contribution in [-0.4, -0.2) is 44.5 Å². The second-order valence-electron chi connectivity index (χ2n) is 7.52. The van der Waals surface area contributed by atoms with Crippen molar-refractivity contribution in [3.05, 3.63) is 53.1 Å². The molecule has 3 rings (SSSR count). The number of ether oxygens (including phenoxy) is 1. The average Bonchev–Trinajstić information content (AvgIpc) is 2.73. The van der Waals surface area contributed by atoms with E-state index in [2.05, 4.69) is 5.32 Å². The predicted octanol–water partition coefficient (Wildman–Crippen LogP) is 4.63. The molecule has 0 aliphatic carbocycles. The van der Waals surface area contributed by atoms with Crippen molar-refractivity contribution in [2.45, 2.75) is 30.8 Å². The van der Waals surface area contributed by atoms with E-state index in [0.717, 1.165) is 5.56 Å². The number of nitrogens with zero attached hydrogens (tertiary/aromatic N) is 1. The molecule has 0 spiro atoms. The molecule has 11 heteroatoms. The molecule has 6 nitrogen and oxygen atoms in total. The highest BCUT2D eigenvalue weighted by molar-refractivity contribution is 7.89. The van der Waals surface area contributed by atoms with Crippen LogP contribution in [0.25, 0.3) is 0 Å². The maximum Gasteiger partial charge on any atom is 0.422 e. The molecule has 1 N–H and O–H groups in total. The van der Waals surface area contributed by atoms with Crippen molar-refractivity contribution < 1.29 is 31.1 Å². The Morgan fingerprint density at radius 3 is 2.38 bits per heavy atom. The van der Waals surface area contributed by atoms with Gasteiger partial charge in [-0.25, -0.2) is 8.42 Å². The molecule has 1 aliphatic rings. The third kappa shape index (κ3) is 6.14. The van der Waals surface area contributed by atoms with Crippen molar-refractivity contribution in [2.24, 2.45) is 5.92 Å². The Balaban J connectivity index is 1.64. The maximum absolute atomic E-state index is 12.8. The topological polar surface area (TPSA) is 75.7 Å². The lowest BCUT2D eigenvalue weighted by atomic mass is 9.97. The van der Waals surface area contributed by atoms with Crippen LogP contribution in [0.4, 0.5) is 18.9 Å². The zero-order chi connectivity index (χ0) is 23.5. The average molecular weight is 491 g/mol. The fourth-order valence-corrected chi connectivity index (χ4v) is 4.98. The number of hydrogen-bond donors (Lipinski definition) is 1. The fourth-order valence-electron chi connectivity index (χ4n) is 3.34. The summed E-state index contributed by atoms with van der Waals surface area (Å²) in [7, 11) is -3.66. The van der Waals surface area contributed by atoms with E-state index in [9.17, 15) is 26.4 Å². The van der Waals surface area contributed by atoms with Gasteiger partial charge in [0.05, 0.1) is 10.6 Å². The normalized spacial score (nSPS) is 16.0. The molecule has 1 amide bonds. The van der Waals surface area contributed by atoms with Gasteiger partial charge in [-0.2, -0.15) is 17.5 Å². The number of aryl methyl sites for hydroxylation is 1. The molecule has 1 saturated heterocycles. The first kappa shape index (κ1) is 24.3. The summed E-state index contributed by atoms with van der Waals surface area (Å²) in [6.45, 7) is 0.662. The Bertz CT molecular complexity index is 1070. The number of alkyl halides is 3. The standard InChI is InChI=1S/C21H22ClF3N2O4S/c1-14-2-5-17(6-3-14)32(29,30)27-10-8-15(9-11-27)20(28)26-18-12-16(22)4-7-19(18)31-13-21(23,24)25/h2-7,12,15H,8-11,13H2,1H3,(H,26,28). The number of carbonyl (C=O) groups is 1. The highest BCUT2D eigenvalue weighted by Gasteiger charge is 2.33. The van der Waals surface area contributed by atoms with Gasteiger partial charge in [0.1, 0.15) is 5.75 Å². The summed E-state index contributed by atoms with van der Waals surface area (Å²) in [5.41, 5.74) is 0.973. The van der Waals surface area contributed by atoms with Crippen LogP contribution < -0.4 is 10.1 Å². The summed E-state index contributed by atoms with van der Waals surface area (Å²) >= 11 is 5.91. The van der Waals surface area contributed by atoms with Gasteiger partial charge in [0.2, 0.25) is 15.9 Å². The lowest BCUT2D eigenvalue weighted by Gasteiger charge is -2.30. The van der Waals surface area contributed by atoms with Crippen molar-refractivity contribution >= 4 is 33.2 Å². The molecule has 1 heterocycles. The molecule has 174 valence electrons. The van der Waals surface area contributed by atoms with Gasteiger partial charge in [-0.3, -0.25) is 4.79 Å². The second kappa shape index (κ2) is 9.68. The zero-order valence-corrected chi connectivity index (χ0v) is 18.7. The van der Waals surface area contributed by atoms with Gasteiger partial charge in [0.15, 0.2) is 6.61 Å². The van der Waals surface area contributed by atoms with Crippen molar-refractivity contribution in [1.29, 1.82) is 0 Å². The van der Waals surface area contributed by atoms with E-state index in [1.807, 2.05) is 6.92 Å². The fraction of sp³-hybridized carbons (Fsp3) is 0.381. The maximum atomic E-state index is 12.8. The molecule has 2 aromatic rings. The highest BCUT2D eigenvalue weighted by Crippen LogP contribution is 2.31. The van der Waals surface area contributed by atoms with Crippen molar-refractivity contribution in [3.8, 4) is 5.75 Å². The largest absolute Gasteiger partial charge is 0.482 e. The third-order valence-corrected chi connectivity index (χ3v) is 7.22. The van der Waals surface area contributed by atoms with E-state index >= 15 is 0 Å². The number of halogens is 4. The molecule has 0 atom stereocenters. The van der Waals surface area contributed by atoms with Crippen molar-refractivity contribution in [2.75, 3.05) is 25.0 Å². The Kier molecular flexibility index (Phi) is 7.36. The smallest absolute Gasteiger partial charge is 0.422 e. The van der Waals surface area contributed by atoms with Gasteiger partial charge in [0, 0.05) is 24.0 Å². The molecule has 2 aromatic carbocycles. The number of anilines is 1. The molecule has 0 bridgehead atoms. The molecule has 0 unspecified atom stereocenters. The summed E-state index contributed by atoms with van der Waals surface area (Å²) in [4.78, 5) is 12.9. The van der Waals surface area contributed by atoms with Crippen molar-refractivity contribution in [1.82, 2.24) is 4.31 Å². The van der Waals surface area contributed by atoms with Crippen LogP contribution in [0.15, 0.2) is 47.4 Å². The summed E-state index contributed by atoms with van der Waals surface area (Å²) in [5.74, 6) is -1.09. The van der Waals surface area contributed by atoms with Crippen LogP contribution in [0.5, 0.6) is 5.75 Å². The molecule has 0 radical (unpaired) electrons. The number of rotatable bonds is 6. The van der Waals surface area contributed by atoms with E-state index in [-0.39, 0.29) is 47.3 Å². The molecule has 0 saturated carbocycles. The van der Waals surface area contributed by atoms with Crippen LogP contribution in [-0.2, 0) is 14.8 Å². The van der Waals surface area contributed by atoms with Gasteiger partial charge < -0.3 is 10.1 Å². The van der Waals surface area contributed by atoms with Crippen LogP contribution in [0.3, 0.4) is 0 Å². The summed E-state index contributed by atoms with van der Waals surface area (Å²) in [6, 6.07) is 10.4. The number of benzene rings is 2. The Morgan fingerprint density at radius 1 is 1.16 bits per heavy atom. The SMILES string of the molecule is Cc1ccc(S(=O)(=O)N2CCC(C(=O)Nc3cc(Cl)ccc3OCC(F)(F)F)CC2)cc1. The number of hydrogen-bond acceptors (Lipinski definition) is 4. The Hall–Kier alpha value is -2.30. The number of piperidine rings is 1. The zero-order valence-electron chi connectivity index (χ0n) is 17.2. The van der Waals surface area contributed by atoms with Gasteiger partial charge in [-0.1, -0.05) is 29.3 Å². The molecule has 1 aliphatic heterocycles. The minimum atomic E-state index is -4.53. The predicted molar refractivity (Wildman–Crippen MR) is 114 cm³/mol. The van der Waals surface area contributed by atoms with Crippen LogP contribution in [0.2, 0.25) is 5.02 Å². The lowest BCUT2D eigenvalue weighted by molar-refractivity contribution is -0.153. The first-order valence-corrected chi connectivity index (χ1v) is 11.6. The number of sulfonamides is 1. The third-order valence-electron chi connectivity index (χ3n) is 5.07. The highest BCUT2D eigenvalue weighted by atomic mass is 35.5. The van der Waals surface area contributed by atoms with E-state index in [1.165, 1.54) is 22.5 Å². The van der Waals surface area contributed by atoms with E-state index in [0.29, 0.717) is 0 Å². The first-order valence-electron chi connectivity index (χ1n) is 9.82. The van der Waals surface area contributed by atoms with Gasteiger partial charge >= 0.3 is 6.18 Å². The van der Waals surface area contributed by atoms with Crippen molar-refractivity contribution in [3.63, 3.8) is 0 Å².